The summed E-state index contributed by atoms with van der Waals surface area (Å²) in [4.78, 5) is 12.8. The summed E-state index contributed by atoms with van der Waals surface area (Å²) in [5.74, 6) is 0.0653. The maximum atomic E-state index is 12.8. The molecule has 1 heterocycles. The van der Waals surface area contributed by atoms with E-state index in [0.29, 0.717) is 6.04 Å². The largest absolute Gasteiger partial charge is 0.349 e. The summed E-state index contributed by atoms with van der Waals surface area (Å²) in [6.07, 6.45) is 5.97. The highest BCUT2D eigenvalue weighted by molar-refractivity contribution is 7.17. The van der Waals surface area contributed by atoms with E-state index in [1.165, 1.54) is 40.5 Å². The quantitative estimate of drug-likeness (QED) is 0.623. The zero-order valence-electron chi connectivity index (χ0n) is 14.5. The highest BCUT2D eigenvalue weighted by atomic mass is 32.1. The van der Waals surface area contributed by atoms with Gasteiger partial charge in [-0.25, -0.2) is 0 Å². The van der Waals surface area contributed by atoms with Crippen molar-refractivity contribution in [3.8, 4) is 11.1 Å². The average Bonchev–Trinajstić information content (AvgIpc) is 3.11. The molecule has 1 aliphatic rings. The first kappa shape index (κ1) is 16.3. The molecule has 1 N–H and O–H groups in total. The molecule has 0 unspecified atom stereocenters. The van der Waals surface area contributed by atoms with Crippen LogP contribution >= 0.6 is 11.3 Å². The van der Waals surface area contributed by atoms with Crippen LogP contribution in [0.3, 0.4) is 0 Å². The molecule has 1 fully saturated rings. The third-order valence-corrected chi connectivity index (χ3v) is 6.00. The number of fused-ring (bicyclic) bond motifs is 1. The lowest BCUT2D eigenvalue weighted by Crippen LogP contribution is -2.36. The van der Waals surface area contributed by atoms with E-state index in [2.05, 4.69) is 54.0 Å². The Morgan fingerprint density at radius 3 is 2.56 bits per heavy atom. The zero-order chi connectivity index (χ0) is 17.2. The molecule has 3 aromatic rings. The molecule has 1 amide bonds. The fourth-order valence-electron chi connectivity index (χ4n) is 3.69. The molecule has 1 aliphatic carbocycles. The van der Waals surface area contributed by atoms with E-state index in [9.17, 15) is 4.79 Å². The number of benzene rings is 2. The van der Waals surface area contributed by atoms with Crippen molar-refractivity contribution in [1.29, 1.82) is 0 Å². The number of aryl methyl sites for hydroxylation is 1. The van der Waals surface area contributed by atoms with Crippen molar-refractivity contribution >= 4 is 27.3 Å². The average molecular weight is 349 g/mol. The van der Waals surface area contributed by atoms with Crippen LogP contribution in [-0.4, -0.2) is 11.9 Å². The fraction of sp³-hybridized carbons (Fsp3) is 0.318. The third kappa shape index (κ3) is 3.47. The highest BCUT2D eigenvalue weighted by Gasteiger charge is 2.18. The Morgan fingerprint density at radius 1 is 1.04 bits per heavy atom. The van der Waals surface area contributed by atoms with Crippen LogP contribution in [-0.2, 0) is 0 Å². The molecule has 0 radical (unpaired) electrons. The van der Waals surface area contributed by atoms with Gasteiger partial charge >= 0.3 is 0 Å². The molecule has 0 saturated heterocycles. The Hall–Kier alpha value is -2.13. The molecule has 128 valence electrons. The Labute approximate surface area is 152 Å². The topological polar surface area (TPSA) is 29.1 Å². The number of rotatable bonds is 3. The van der Waals surface area contributed by atoms with Gasteiger partial charge < -0.3 is 5.32 Å². The van der Waals surface area contributed by atoms with Crippen molar-refractivity contribution in [2.75, 3.05) is 0 Å². The molecule has 3 heteroatoms. The van der Waals surface area contributed by atoms with Crippen LogP contribution in [0.25, 0.3) is 21.2 Å². The number of nitrogens with one attached hydrogen (secondary N) is 1. The second-order valence-electron chi connectivity index (χ2n) is 7.03. The number of amides is 1. The van der Waals surface area contributed by atoms with Crippen LogP contribution in [0, 0.1) is 6.92 Å². The second kappa shape index (κ2) is 7.01. The SMILES string of the molecule is Cc1ccc(-c2cc(C(=O)NC3CCCCC3)cc3sccc23)cc1. The number of hydrogen-bond acceptors (Lipinski definition) is 2. The first-order chi connectivity index (χ1) is 12.2. The van der Waals surface area contributed by atoms with Crippen molar-refractivity contribution in [3.05, 3.63) is 59.0 Å². The van der Waals surface area contributed by atoms with E-state index in [-0.39, 0.29) is 5.91 Å². The first-order valence-electron chi connectivity index (χ1n) is 9.10. The van der Waals surface area contributed by atoms with Gasteiger partial charge in [-0.15, -0.1) is 11.3 Å². The summed E-state index contributed by atoms with van der Waals surface area (Å²) in [5, 5.41) is 6.57. The minimum atomic E-state index is 0.0653. The van der Waals surface area contributed by atoms with Gasteiger partial charge in [-0.3, -0.25) is 4.79 Å². The fourth-order valence-corrected chi connectivity index (χ4v) is 4.54. The molecule has 0 bridgehead atoms. The Morgan fingerprint density at radius 2 is 1.80 bits per heavy atom. The number of hydrogen-bond donors (Lipinski definition) is 1. The van der Waals surface area contributed by atoms with Crippen molar-refractivity contribution in [2.24, 2.45) is 0 Å². The van der Waals surface area contributed by atoms with Crippen molar-refractivity contribution in [2.45, 2.75) is 45.1 Å². The maximum absolute atomic E-state index is 12.8. The lowest BCUT2D eigenvalue weighted by Gasteiger charge is -2.23. The molecule has 1 aromatic heterocycles. The maximum Gasteiger partial charge on any atom is 0.251 e. The van der Waals surface area contributed by atoms with E-state index >= 15 is 0 Å². The summed E-state index contributed by atoms with van der Waals surface area (Å²) in [5.41, 5.74) is 4.33. The highest BCUT2D eigenvalue weighted by Crippen LogP contribution is 2.33. The predicted octanol–water partition coefficient (Wildman–Crippen LogP) is 5.94. The van der Waals surface area contributed by atoms with Gasteiger partial charge in [0.1, 0.15) is 0 Å². The predicted molar refractivity (Wildman–Crippen MR) is 106 cm³/mol. The van der Waals surface area contributed by atoms with Gasteiger partial charge in [-0.2, -0.15) is 0 Å². The lowest BCUT2D eigenvalue weighted by molar-refractivity contribution is 0.0928. The standard InChI is InChI=1S/C22H23NOS/c1-15-7-9-16(10-8-15)20-13-17(14-21-19(20)11-12-25-21)22(24)23-18-5-3-2-4-6-18/h7-14,18H,2-6H2,1H3,(H,23,24). The number of thiophene rings is 1. The van der Waals surface area contributed by atoms with Crippen LogP contribution in [0.5, 0.6) is 0 Å². The molecule has 1 saturated carbocycles. The minimum Gasteiger partial charge on any atom is -0.349 e. The van der Waals surface area contributed by atoms with E-state index in [1.54, 1.807) is 11.3 Å². The molecule has 0 spiro atoms. The van der Waals surface area contributed by atoms with Crippen LogP contribution in [0.4, 0.5) is 0 Å². The molecule has 4 rings (SSSR count). The summed E-state index contributed by atoms with van der Waals surface area (Å²) in [6, 6.07) is 15.1. The summed E-state index contributed by atoms with van der Waals surface area (Å²) >= 11 is 1.70. The van der Waals surface area contributed by atoms with Crippen molar-refractivity contribution in [1.82, 2.24) is 5.32 Å². The molecule has 0 aliphatic heterocycles. The van der Waals surface area contributed by atoms with Gasteiger partial charge in [-0.05, 0) is 54.5 Å². The summed E-state index contributed by atoms with van der Waals surface area (Å²) in [6.45, 7) is 2.10. The van der Waals surface area contributed by atoms with Crippen LogP contribution in [0.2, 0.25) is 0 Å². The molecular weight excluding hydrogens is 326 g/mol. The van der Waals surface area contributed by atoms with Gasteiger partial charge in [0.05, 0.1) is 0 Å². The van der Waals surface area contributed by atoms with Gasteiger partial charge in [0.2, 0.25) is 0 Å². The minimum absolute atomic E-state index is 0.0653. The molecule has 0 atom stereocenters. The van der Waals surface area contributed by atoms with E-state index < -0.39 is 0 Å². The smallest absolute Gasteiger partial charge is 0.251 e. The van der Waals surface area contributed by atoms with Crippen LogP contribution in [0.1, 0.15) is 48.0 Å². The summed E-state index contributed by atoms with van der Waals surface area (Å²) < 4.78 is 1.17. The zero-order valence-corrected chi connectivity index (χ0v) is 15.4. The normalized spacial score (nSPS) is 15.4. The number of carbonyl (C=O) groups excluding carboxylic acids is 1. The Balaban J connectivity index is 1.69. The van der Waals surface area contributed by atoms with Crippen LogP contribution in [0.15, 0.2) is 47.8 Å². The van der Waals surface area contributed by atoms with Crippen molar-refractivity contribution < 1.29 is 4.79 Å². The first-order valence-corrected chi connectivity index (χ1v) is 9.98. The van der Waals surface area contributed by atoms with Gasteiger partial charge in [-0.1, -0.05) is 49.1 Å². The monoisotopic (exact) mass is 349 g/mol. The Bertz CT molecular complexity index is 888. The second-order valence-corrected chi connectivity index (χ2v) is 7.98. The van der Waals surface area contributed by atoms with Gasteiger partial charge in [0.15, 0.2) is 0 Å². The Kier molecular flexibility index (Phi) is 4.58. The molecule has 2 nitrogen and oxygen atoms in total. The van der Waals surface area contributed by atoms with E-state index in [0.717, 1.165) is 24.0 Å². The lowest BCUT2D eigenvalue weighted by atomic mass is 9.94. The number of carbonyl (C=O) groups is 1. The van der Waals surface area contributed by atoms with E-state index in [4.69, 9.17) is 0 Å². The van der Waals surface area contributed by atoms with Gasteiger partial charge in [0, 0.05) is 21.7 Å². The molecule has 2 aromatic carbocycles. The summed E-state index contributed by atoms with van der Waals surface area (Å²) in [7, 11) is 0. The third-order valence-electron chi connectivity index (χ3n) is 5.14. The van der Waals surface area contributed by atoms with Gasteiger partial charge in [0.25, 0.3) is 5.91 Å². The van der Waals surface area contributed by atoms with E-state index in [1.807, 2.05) is 6.07 Å². The van der Waals surface area contributed by atoms with Crippen LogP contribution < -0.4 is 5.32 Å². The molecule has 25 heavy (non-hydrogen) atoms. The van der Waals surface area contributed by atoms with Crippen molar-refractivity contribution in [3.63, 3.8) is 0 Å². The molecular formula is C22H23NOS.